The lowest BCUT2D eigenvalue weighted by molar-refractivity contribution is 1.13. The summed E-state index contributed by atoms with van der Waals surface area (Å²) in [6.45, 7) is 0. The van der Waals surface area contributed by atoms with Gasteiger partial charge in [0.2, 0.25) is 0 Å². The lowest BCUT2D eigenvalue weighted by Gasteiger charge is -1.87. The smallest absolute Gasteiger partial charge is 0.122 e. The number of halogens is 2. The quantitative estimate of drug-likeness (QED) is 0.635. The van der Waals surface area contributed by atoms with Gasteiger partial charge in [-0.15, -0.1) is 11.6 Å². The second-order valence-corrected chi connectivity index (χ2v) is 3.99. The minimum atomic E-state index is 0.436. The molecule has 62 valence electrons. The van der Waals surface area contributed by atoms with Gasteiger partial charge >= 0.3 is 0 Å². The van der Waals surface area contributed by atoms with Crippen molar-refractivity contribution in [3.05, 3.63) is 27.6 Å². The Morgan fingerprint density at radius 3 is 3.08 bits per heavy atom. The van der Waals surface area contributed by atoms with E-state index in [1.165, 1.54) is 3.57 Å². The van der Waals surface area contributed by atoms with E-state index in [0.29, 0.717) is 5.88 Å². The Kier molecular flexibility index (Phi) is 2.23. The maximum absolute atomic E-state index is 5.64. The zero-order valence-corrected chi connectivity index (χ0v) is 9.06. The standard InChI is InChI=1S/C8H6ClIN2/c9-4-8-11-6-2-1-5(10)3-7(6)12-8/h1-3H,4H2,(H,11,12). The maximum atomic E-state index is 5.64. The van der Waals surface area contributed by atoms with Crippen LogP contribution in [0.1, 0.15) is 5.82 Å². The number of fused-ring (bicyclic) bond motifs is 1. The highest BCUT2D eigenvalue weighted by atomic mass is 127. The minimum absolute atomic E-state index is 0.436. The first-order valence-electron chi connectivity index (χ1n) is 3.50. The first-order chi connectivity index (χ1) is 5.79. The number of aromatic amines is 1. The monoisotopic (exact) mass is 292 g/mol. The summed E-state index contributed by atoms with van der Waals surface area (Å²) in [5.74, 6) is 1.26. The number of benzene rings is 1. The number of rotatable bonds is 1. The van der Waals surface area contributed by atoms with Gasteiger partial charge in [0.05, 0.1) is 16.9 Å². The molecular formula is C8H6ClIN2. The van der Waals surface area contributed by atoms with Crippen molar-refractivity contribution >= 4 is 45.2 Å². The van der Waals surface area contributed by atoms with Gasteiger partial charge in [-0.1, -0.05) is 0 Å². The van der Waals surface area contributed by atoms with Crippen LogP contribution < -0.4 is 0 Å². The van der Waals surface area contributed by atoms with Crippen LogP contribution in [0.5, 0.6) is 0 Å². The average molecular weight is 293 g/mol. The lowest BCUT2D eigenvalue weighted by Crippen LogP contribution is -1.77. The molecule has 12 heavy (non-hydrogen) atoms. The highest BCUT2D eigenvalue weighted by Gasteiger charge is 2.00. The first-order valence-corrected chi connectivity index (χ1v) is 5.11. The maximum Gasteiger partial charge on any atom is 0.122 e. The van der Waals surface area contributed by atoms with Crippen molar-refractivity contribution in [2.24, 2.45) is 0 Å². The van der Waals surface area contributed by atoms with Gasteiger partial charge < -0.3 is 4.98 Å². The summed E-state index contributed by atoms with van der Waals surface area (Å²) in [7, 11) is 0. The van der Waals surface area contributed by atoms with Crippen molar-refractivity contribution in [1.82, 2.24) is 9.97 Å². The molecule has 0 atom stereocenters. The van der Waals surface area contributed by atoms with E-state index in [9.17, 15) is 0 Å². The van der Waals surface area contributed by atoms with Gasteiger partial charge in [0.15, 0.2) is 0 Å². The van der Waals surface area contributed by atoms with E-state index in [-0.39, 0.29) is 0 Å². The van der Waals surface area contributed by atoms with Gasteiger partial charge in [0.1, 0.15) is 5.82 Å². The second kappa shape index (κ2) is 3.22. The number of nitrogens with one attached hydrogen (secondary N) is 1. The van der Waals surface area contributed by atoms with Crippen LogP contribution in [0.15, 0.2) is 18.2 Å². The van der Waals surface area contributed by atoms with E-state index in [2.05, 4.69) is 38.6 Å². The van der Waals surface area contributed by atoms with Crippen LogP contribution in [-0.4, -0.2) is 9.97 Å². The third kappa shape index (κ3) is 1.43. The number of imidazole rings is 1. The molecule has 1 aromatic heterocycles. The second-order valence-electron chi connectivity index (χ2n) is 2.48. The highest BCUT2D eigenvalue weighted by molar-refractivity contribution is 14.1. The zero-order valence-electron chi connectivity index (χ0n) is 6.14. The fourth-order valence-corrected chi connectivity index (χ4v) is 1.72. The van der Waals surface area contributed by atoms with E-state index in [1.807, 2.05) is 12.1 Å². The Bertz CT molecular complexity index is 410. The molecule has 0 fully saturated rings. The molecule has 1 aromatic carbocycles. The lowest BCUT2D eigenvalue weighted by atomic mass is 10.3. The molecule has 0 bridgehead atoms. The molecule has 2 nitrogen and oxygen atoms in total. The molecule has 2 rings (SSSR count). The van der Waals surface area contributed by atoms with Gasteiger partial charge in [-0.2, -0.15) is 0 Å². The molecule has 4 heteroatoms. The average Bonchev–Trinajstić information content (AvgIpc) is 2.46. The molecule has 0 aliphatic rings. The van der Waals surface area contributed by atoms with Gasteiger partial charge in [0.25, 0.3) is 0 Å². The summed E-state index contributed by atoms with van der Waals surface area (Å²) in [6, 6.07) is 6.07. The van der Waals surface area contributed by atoms with E-state index < -0.39 is 0 Å². The molecule has 2 aromatic rings. The fourth-order valence-electron chi connectivity index (χ4n) is 1.10. The molecule has 1 heterocycles. The summed E-state index contributed by atoms with van der Waals surface area (Å²) in [5.41, 5.74) is 2.03. The Morgan fingerprint density at radius 2 is 2.33 bits per heavy atom. The Morgan fingerprint density at radius 1 is 1.50 bits per heavy atom. The third-order valence-corrected chi connectivity index (χ3v) is 2.54. The molecular weight excluding hydrogens is 286 g/mol. The van der Waals surface area contributed by atoms with Crippen molar-refractivity contribution in [1.29, 1.82) is 0 Å². The van der Waals surface area contributed by atoms with Crippen LogP contribution in [0, 0.1) is 3.57 Å². The number of aromatic nitrogens is 2. The topological polar surface area (TPSA) is 28.7 Å². The van der Waals surface area contributed by atoms with Gasteiger partial charge in [-0.05, 0) is 40.8 Å². The number of hydrogen-bond donors (Lipinski definition) is 1. The molecule has 0 unspecified atom stereocenters. The zero-order chi connectivity index (χ0) is 8.55. The molecule has 1 N–H and O–H groups in total. The van der Waals surface area contributed by atoms with Crippen LogP contribution in [0.2, 0.25) is 0 Å². The summed E-state index contributed by atoms with van der Waals surface area (Å²) in [5, 5.41) is 0. The Hall–Kier alpha value is -0.290. The summed E-state index contributed by atoms with van der Waals surface area (Å²) >= 11 is 7.91. The predicted octanol–water partition coefficient (Wildman–Crippen LogP) is 2.91. The Balaban J connectivity index is 2.67. The summed E-state index contributed by atoms with van der Waals surface area (Å²) < 4.78 is 1.20. The SMILES string of the molecule is ClCc1nc2ccc(I)cc2[nH]1. The number of nitrogens with zero attached hydrogens (tertiary/aromatic N) is 1. The van der Waals surface area contributed by atoms with E-state index in [1.54, 1.807) is 0 Å². The van der Waals surface area contributed by atoms with Crippen molar-refractivity contribution < 1.29 is 0 Å². The van der Waals surface area contributed by atoms with Crippen LogP contribution in [0.3, 0.4) is 0 Å². The van der Waals surface area contributed by atoms with Crippen molar-refractivity contribution in [3.8, 4) is 0 Å². The van der Waals surface area contributed by atoms with Crippen molar-refractivity contribution in [2.45, 2.75) is 5.88 Å². The molecule has 0 amide bonds. The highest BCUT2D eigenvalue weighted by Crippen LogP contribution is 2.15. The first kappa shape index (κ1) is 8.31. The third-order valence-electron chi connectivity index (χ3n) is 1.62. The van der Waals surface area contributed by atoms with Crippen LogP contribution in [0.25, 0.3) is 11.0 Å². The summed E-state index contributed by atoms with van der Waals surface area (Å²) in [4.78, 5) is 7.42. The van der Waals surface area contributed by atoms with E-state index in [4.69, 9.17) is 11.6 Å². The molecule has 0 saturated heterocycles. The molecule has 0 spiro atoms. The van der Waals surface area contributed by atoms with E-state index >= 15 is 0 Å². The molecule has 0 saturated carbocycles. The van der Waals surface area contributed by atoms with Crippen molar-refractivity contribution in [3.63, 3.8) is 0 Å². The number of alkyl halides is 1. The number of hydrogen-bond acceptors (Lipinski definition) is 1. The number of H-pyrrole nitrogens is 1. The van der Waals surface area contributed by atoms with E-state index in [0.717, 1.165) is 16.9 Å². The molecule has 0 radical (unpaired) electrons. The van der Waals surface area contributed by atoms with Gasteiger partial charge in [-0.25, -0.2) is 4.98 Å². The van der Waals surface area contributed by atoms with Crippen LogP contribution in [0.4, 0.5) is 0 Å². The van der Waals surface area contributed by atoms with Gasteiger partial charge in [-0.3, -0.25) is 0 Å². The minimum Gasteiger partial charge on any atom is -0.341 e. The molecule has 0 aliphatic carbocycles. The summed E-state index contributed by atoms with van der Waals surface area (Å²) in [6.07, 6.45) is 0. The molecule has 0 aliphatic heterocycles. The van der Waals surface area contributed by atoms with Crippen LogP contribution >= 0.6 is 34.2 Å². The normalized spacial score (nSPS) is 10.8. The van der Waals surface area contributed by atoms with Crippen LogP contribution in [-0.2, 0) is 5.88 Å². The fraction of sp³-hybridized carbons (Fsp3) is 0.125. The Labute approximate surface area is 88.5 Å². The van der Waals surface area contributed by atoms with Gasteiger partial charge in [0, 0.05) is 3.57 Å². The largest absolute Gasteiger partial charge is 0.341 e. The predicted molar refractivity (Wildman–Crippen MR) is 58.4 cm³/mol. The van der Waals surface area contributed by atoms with Crippen molar-refractivity contribution in [2.75, 3.05) is 0 Å².